The third-order valence-corrected chi connectivity index (χ3v) is 5.20. The van der Waals surface area contributed by atoms with Gasteiger partial charge in [-0.05, 0) is 55.0 Å². The predicted octanol–water partition coefficient (Wildman–Crippen LogP) is 7.25. The van der Waals surface area contributed by atoms with Gasteiger partial charge in [-0.3, -0.25) is 9.20 Å². The number of pyridine rings is 1. The summed E-state index contributed by atoms with van der Waals surface area (Å²) in [4.78, 5) is 17.4. The fourth-order valence-corrected chi connectivity index (χ4v) is 3.56. The Bertz CT molecular complexity index is 1380. The number of halogens is 7. The molecule has 0 fully saturated rings. The lowest BCUT2D eigenvalue weighted by atomic mass is 10.0. The number of anilines is 1. The molecule has 0 radical (unpaired) electrons. The Morgan fingerprint density at radius 2 is 1.59 bits per heavy atom. The summed E-state index contributed by atoms with van der Waals surface area (Å²) in [5.74, 6) is -1.10. The highest BCUT2D eigenvalue weighted by Gasteiger charge is 2.37. The molecule has 0 atom stereocenters. The SMILES string of the molecule is Cc1ccn2c(NC(=O)c3cc(C(F)(F)F)cc(C(F)(F)F)c3)c(-c3cccc(Cl)c3)nc2c1. The molecule has 2 heterocycles. The molecule has 0 saturated heterocycles. The molecule has 0 saturated carbocycles. The molecule has 2 aromatic carbocycles. The van der Waals surface area contributed by atoms with Crippen LogP contribution in [0.25, 0.3) is 16.9 Å². The number of nitrogens with one attached hydrogen (secondary N) is 1. The highest BCUT2D eigenvalue weighted by molar-refractivity contribution is 6.30. The van der Waals surface area contributed by atoms with Crippen LogP contribution in [-0.2, 0) is 12.4 Å². The molecule has 0 unspecified atom stereocenters. The van der Waals surface area contributed by atoms with Crippen LogP contribution >= 0.6 is 11.6 Å². The fourth-order valence-electron chi connectivity index (χ4n) is 3.37. The predicted molar refractivity (Wildman–Crippen MR) is 115 cm³/mol. The first kappa shape index (κ1) is 23.6. The largest absolute Gasteiger partial charge is 0.416 e. The molecule has 4 rings (SSSR count). The summed E-state index contributed by atoms with van der Waals surface area (Å²) in [7, 11) is 0. The van der Waals surface area contributed by atoms with Gasteiger partial charge in [-0.1, -0.05) is 23.7 Å². The van der Waals surface area contributed by atoms with Gasteiger partial charge in [0.15, 0.2) is 0 Å². The van der Waals surface area contributed by atoms with Gasteiger partial charge >= 0.3 is 12.4 Å². The number of fused-ring (bicyclic) bond motifs is 1. The number of aryl methyl sites for hydroxylation is 1. The number of nitrogens with zero attached hydrogens (tertiary/aromatic N) is 2. The minimum Gasteiger partial charge on any atom is -0.306 e. The van der Waals surface area contributed by atoms with Crippen LogP contribution in [0.4, 0.5) is 32.2 Å². The van der Waals surface area contributed by atoms with Gasteiger partial charge in [0.05, 0.1) is 11.1 Å². The minimum atomic E-state index is -5.08. The lowest BCUT2D eigenvalue weighted by Gasteiger charge is -2.14. The number of carbonyl (C=O) groups excluding carboxylic acids is 1. The summed E-state index contributed by atoms with van der Waals surface area (Å²) in [5, 5.41) is 2.80. The van der Waals surface area contributed by atoms with E-state index in [1.165, 1.54) is 4.40 Å². The van der Waals surface area contributed by atoms with Crippen LogP contribution in [0.2, 0.25) is 5.02 Å². The highest BCUT2D eigenvalue weighted by atomic mass is 35.5. The van der Waals surface area contributed by atoms with E-state index in [1.54, 1.807) is 42.6 Å². The molecule has 0 aliphatic rings. The van der Waals surface area contributed by atoms with E-state index < -0.39 is 35.0 Å². The van der Waals surface area contributed by atoms with E-state index in [-0.39, 0.29) is 17.6 Å². The van der Waals surface area contributed by atoms with Crippen LogP contribution in [0.15, 0.2) is 60.8 Å². The van der Waals surface area contributed by atoms with Crippen molar-refractivity contribution in [3.05, 3.63) is 88.1 Å². The first-order valence-electron chi connectivity index (χ1n) is 9.68. The maximum atomic E-state index is 13.2. The molecule has 0 aliphatic heterocycles. The lowest BCUT2D eigenvalue weighted by Crippen LogP contribution is -2.18. The molecular weight excluding hydrogens is 484 g/mol. The van der Waals surface area contributed by atoms with E-state index in [0.717, 1.165) is 5.56 Å². The Labute approximate surface area is 193 Å². The lowest BCUT2D eigenvalue weighted by molar-refractivity contribution is -0.143. The van der Waals surface area contributed by atoms with E-state index in [2.05, 4.69) is 10.3 Å². The summed E-state index contributed by atoms with van der Waals surface area (Å²) in [6, 6.07) is 10.6. The Morgan fingerprint density at radius 3 is 2.18 bits per heavy atom. The van der Waals surface area contributed by atoms with Crippen molar-refractivity contribution in [1.82, 2.24) is 9.38 Å². The number of rotatable bonds is 3. The van der Waals surface area contributed by atoms with Gasteiger partial charge in [0, 0.05) is 22.3 Å². The summed E-state index contributed by atoms with van der Waals surface area (Å²) in [6.45, 7) is 1.81. The maximum Gasteiger partial charge on any atom is 0.416 e. The van der Waals surface area contributed by atoms with Crippen molar-refractivity contribution in [2.45, 2.75) is 19.3 Å². The number of amides is 1. The Balaban J connectivity index is 1.84. The quantitative estimate of drug-likeness (QED) is 0.303. The molecule has 176 valence electrons. The van der Waals surface area contributed by atoms with Gasteiger partial charge in [0.25, 0.3) is 5.91 Å². The van der Waals surface area contributed by atoms with Gasteiger partial charge in [0.2, 0.25) is 0 Å². The van der Waals surface area contributed by atoms with E-state index in [1.807, 2.05) is 6.92 Å². The summed E-state index contributed by atoms with van der Waals surface area (Å²) < 4.78 is 80.8. The van der Waals surface area contributed by atoms with E-state index in [9.17, 15) is 31.1 Å². The van der Waals surface area contributed by atoms with Gasteiger partial charge in [-0.2, -0.15) is 26.3 Å². The summed E-state index contributed by atoms with van der Waals surface area (Å²) in [6.07, 6.45) is -8.58. The zero-order valence-electron chi connectivity index (χ0n) is 17.2. The van der Waals surface area contributed by atoms with Crippen LogP contribution < -0.4 is 5.32 Å². The molecule has 0 spiro atoms. The Morgan fingerprint density at radius 1 is 0.941 bits per heavy atom. The first-order valence-corrected chi connectivity index (χ1v) is 10.1. The van der Waals surface area contributed by atoms with Crippen molar-refractivity contribution in [2.24, 2.45) is 0 Å². The van der Waals surface area contributed by atoms with Crippen LogP contribution in [-0.4, -0.2) is 15.3 Å². The smallest absolute Gasteiger partial charge is 0.306 e. The molecule has 0 bridgehead atoms. The number of hydrogen-bond acceptors (Lipinski definition) is 2. The maximum absolute atomic E-state index is 13.2. The highest BCUT2D eigenvalue weighted by Crippen LogP contribution is 2.37. The average molecular weight is 498 g/mol. The standard InChI is InChI=1S/C23H14ClF6N3O/c1-12-5-6-33-18(7-12)31-19(13-3-2-4-17(24)10-13)20(33)32-21(34)14-8-15(22(25,26)27)11-16(9-14)23(28,29)30/h2-11H,1H3,(H,32,34). The van der Waals surface area contributed by atoms with Crippen LogP contribution in [0.1, 0.15) is 27.0 Å². The second kappa shape index (κ2) is 8.35. The molecule has 4 nitrogen and oxygen atoms in total. The van der Waals surface area contributed by atoms with E-state index in [4.69, 9.17) is 11.6 Å². The first-order chi connectivity index (χ1) is 15.8. The molecule has 4 aromatic rings. The average Bonchev–Trinajstić information content (AvgIpc) is 3.09. The number of hydrogen-bond donors (Lipinski definition) is 1. The molecular formula is C23H14ClF6N3O. The monoisotopic (exact) mass is 497 g/mol. The number of aromatic nitrogens is 2. The van der Waals surface area contributed by atoms with Crippen LogP contribution in [0.5, 0.6) is 0 Å². The normalized spacial score (nSPS) is 12.2. The zero-order chi connectivity index (χ0) is 24.8. The third kappa shape index (κ3) is 4.72. The van der Waals surface area contributed by atoms with Gasteiger partial charge < -0.3 is 5.32 Å². The number of imidazole rings is 1. The van der Waals surface area contributed by atoms with Gasteiger partial charge in [-0.25, -0.2) is 4.98 Å². The number of alkyl halides is 6. The van der Waals surface area contributed by atoms with Crippen molar-refractivity contribution in [3.63, 3.8) is 0 Å². The van der Waals surface area contributed by atoms with Crippen molar-refractivity contribution in [1.29, 1.82) is 0 Å². The Kier molecular flexibility index (Phi) is 5.80. The van der Waals surface area contributed by atoms with Crippen molar-refractivity contribution in [2.75, 3.05) is 5.32 Å². The van der Waals surface area contributed by atoms with E-state index >= 15 is 0 Å². The van der Waals surface area contributed by atoms with Crippen molar-refractivity contribution in [3.8, 4) is 11.3 Å². The van der Waals surface area contributed by atoms with Crippen LogP contribution in [0.3, 0.4) is 0 Å². The molecule has 2 aromatic heterocycles. The fraction of sp³-hybridized carbons (Fsp3) is 0.130. The second-order valence-corrected chi connectivity index (χ2v) is 7.94. The van der Waals surface area contributed by atoms with Gasteiger partial charge in [-0.15, -0.1) is 0 Å². The molecule has 1 N–H and O–H groups in total. The van der Waals surface area contributed by atoms with Crippen LogP contribution in [0, 0.1) is 6.92 Å². The molecule has 34 heavy (non-hydrogen) atoms. The summed E-state index contributed by atoms with van der Waals surface area (Å²) in [5.41, 5.74) is -1.99. The Hall–Kier alpha value is -3.53. The molecule has 1 amide bonds. The number of carbonyl (C=O) groups is 1. The zero-order valence-corrected chi connectivity index (χ0v) is 18.0. The molecule has 0 aliphatic carbocycles. The third-order valence-electron chi connectivity index (χ3n) is 4.96. The topological polar surface area (TPSA) is 46.4 Å². The molecule has 11 heteroatoms. The summed E-state index contributed by atoms with van der Waals surface area (Å²) >= 11 is 6.06. The number of benzene rings is 2. The van der Waals surface area contributed by atoms with E-state index in [0.29, 0.717) is 28.4 Å². The minimum absolute atomic E-state index is 0.0365. The van der Waals surface area contributed by atoms with Crippen molar-refractivity contribution >= 4 is 29.0 Å². The van der Waals surface area contributed by atoms with Gasteiger partial charge in [0.1, 0.15) is 17.2 Å². The van der Waals surface area contributed by atoms with Crippen molar-refractivity contribution < 1.29 is 31.1 Å². The second-order valence-electron chi connectivity index (χ2n) is 7.50.